The SMILES string of the molecule is CN(Cc1cn[nH]c1)S(=O)(=O)c1ccnn1C. The first-order chi connectivity index (χ1) is 8.01. The van der Waals surface area contributed by atoms with Crippen LogP contribution in [0.2, 0.25) is 0 Å². The van der Waals surface area contributed by atoms with Crippen LogP contribution in [-0.4, -0.2) is 39.7 Å². The van der Waals surface area contributed by atoms with E-state index in [1.165, 1.54) is 28.3 Å². The predicted octanol–water partition coefficient (Wildman–Crippen LogP) is -0.0361. The van der Waals surface area contributed by atoms with Gasteiger partial charge in [0.25, 0.3) is 10.0 Å². The fourth-order valence-electron chi connectivity index (χ4n) is 1.48. The average molecular weight is 255 g/mol. The summed E-state index contributed by atoms with van der Waals surface area (Å²) < 4.78 is 26.9. The van der Waals surface area contributed by atoms with Crippen molar-refractivity contribution in [3.8, 4) is 0 Å². The highest BCUT2D eigenvalue weighted by molar-refractivity contribution is 7.89. The van der Waals surface area contributed by atoms with Crippen LogP contribution < -0.4 is 0 Å². The van der Waals surface area contributed by atoms with Gasteiger partial charge in [-0.2, -0.15) is 14.5 Å². The van der Waals surface area contributed by atoms with Gasteiger partial charge in [-0.3, -0.25) is 9.78 Å². The third kappa shape index (κ3) is 2.22. The molecule has 0 aromatic carbocycles. The van der Waals surface area contributed by atoms with Crippen LogP contribution in [-0.2, 0) is 23.6 Å². The summed E-state index contributed by atoms with van der Waals surface area (Å²) in [6.07, 6.45) is 4.71. The van der Waals surface area contributed by atoms with Gasteiger partial charge in [-0.25, -0.2) is 8.42 Å². The highest BCUT2D eigenvalue weighted by atomic mass is 32.2. The number of aryl methyl sites for hydroxylation is 1. The van der Waals surface area contributed by atoms with Gasteiger partial charge >= 0.3 is 0 Å². The Balaban J connectivity index is 2.25. The van der Waals surface area contributed by atoms with E-state index in [0.717, 1.165) is 5.56 Å². The molecule has 0 aliphatic carbocycles. The number of H-pyrrole nitrogens is 1. The summed E-state index contributed by atoms with van der Waals surface area (Å²) in [5.41, 5.74) is 0.804. The van der Waals surface area contributed by atoms with E-state index in [4.69, 9.17) is 0 Å². The standard InChI is InChI=1S/C9H13N5O2S/c1-13(7-8-5-10-11-6-8)17(15,16)9-3-4-12-14(9)2/h3-6H,7H2,1-2H3,(H,10,11). The molecule has 92 valence electrons. The predicted molar refractivity (Wildman–Crippen MR) is 60.4 cm³/mol. The summed E-state index contributed by atoms with van der Waals surface area (Å²) in [7, 11) is -0.391. The molecule has 7 nitrogen and oxygen atoms in total. The summed E-state index contributed by atoms with van der Waals surface area (Å²) in [5, 5.41) is 10.4. The van der Waals surface area contributed by atoms with Crippen molar-refractivity contribution in [1.29, 1.82) is 0 Å². The fourth-order valence-corrected chi connectivity index (χ4v) is 2.73. The maximum Gasteiger partial charge on any atom is 0.260 e. The molecule has 8 heteroatoms. The molecular formula is C9H13N5O2S. The molecule has 2 aromatic heterocycles. The minimum absolute atomic E-state index is 0.170. The van der Waals surface area contributed by atoms with Crippen molar-refractivity contribution < 1.29 is 8.42 Å². The molecule has 17 heavy (non-hydrogen) atoms. The molecule has 0 atom stereocenters. The van der Waals surface area contributed by atoms with Crippen LogP contribution in [0.1, 0.15) is 5.56 Å². The summed E-state index contributed by atoms with van der Waals surface area (Å²) >= 11 is 0. The largest absolute Gasteiger partial charge is 0.285 e. The number of aromatic nitrogens is 4. The second kappa shape index (κ2) is 4.30. The van der Waals surface area contributed by atoms with Gasteiger partial charge in [-0.05, 0) is 6.07 Å². The Bertz CT molecular complexity index is 587. The molecule has 0 fully saturated rings. The third-order valence-corrected chi connectivity index (χ3v) is 4.29. The number of sulfonamides is 1. The molecule has 0 saturated heterocycles. The Labute approximate surface area is 99.1 Å². The lowest BCUT2D eigenvalue weighted by Crippen LogP contribution is -2.28. The van der Waals surface area contributed by atoms with Crippen LogP contribution >= 0.6 is 0 Å². The van der Waals surface area contributed by atoms with Gasteiger partial charge in [0, 0.05) is 32.4 Å². The Morgan fingerprint density at radius 3 is 2.82 bits per heavy atom. The maximum atomic E-state index is 12.2. The van der Waals surface area contributed by atoms with E-state index in [2.05, 4.69) is 15.3 Å². The summed E-state index contributed by atoms with van der Waals surface area (Å²) in [6.45, 7) is 0.268. The van der Waals surface area contributed by atoms with E-state index in [0.29, 0.717) is 0 Å². The molecule has 1 N–H and O–H groups in total. The van der Waals surface area contributed by atoms with Crippen LogP contribution in [0.25, 0.3) is 0 Å². The molecule has 0 amide bonds. The van der Waals surface area contributed by atoms with Crippen molar-refractivity contribution in [2.45, 2.75) is 11.6 Å². The van der Waals surface area contributed by atoms with Crippen LogP contribution in [0, 0.1) is 0 Å². The van der Waals surface area contributed by atoms with E-state index in [9.17, 15) is 8.42 Å². The van der Waals surface area contributed by atoms with E-state index in [-0.39, 0.29) is 11.6 Å². The molecule has 0 bridgehead atoms. The van der Waals surface area contributed by atoms with E-state index < -0.39 is 10.0 Å². The van der Waals surface area contributed by atoms with Crippen molar-refractivity contribution in [2.24, 2.45) is 7.05 Å². The Morgan fingerprint density at radius 1 is 1.53 bits per heavy atom. The first-order valence-electron chi connectivity index (χ1n) is 4.94. The summed E-state index contributed by atoms with van der Waals surface area (Å²) in [6, 6.07) is 1.47. The minimum Gasteiger partial charge on any atom is -0.285 e. The number of hydrogen-bond acceptors (Lipinski definition) is 4. The number of nitrogens with zero attached hydrogens (tertiary/aromatic N) is 4. The molecule has 0 unspecified atom stereocenters. The van der Waals surface area contributed by atoms with E-state index in [1.807, 2.05) is 0 Å². The van der Waals surface area contributed by atoms with Crippen LogP contribution in [0.15, 0.2) is 29.7 Å². The van der Waals surface area contributed by atoms with E-state index in [1.54, 1.807) is 19.4 Å². The zero-order valence-electron chi connectivity index (χ0n) is 9.53. The molecular weight excluding hydrogens is 242 g/mol. The molecule has 2 rings (SSSR count). The van der Waals surface area contributed by atoms with Gasteiger partial charge in [-0.1, -0.05) is 0 Å². The quantitative estimate of drug-likeness (QED) is 0.831. The molecule has 2 heterocycles. The first kappa shape index (κ1) is 11.8. The smallest absolute Gasteiger partial charge is 0.260 e. The lowest BCUT2D eigenvalue weighted by atomic mass is 10.4. The highest BCUT2D eigenvalue weighted by Crippen LogP contribution is 2.14. The molecule has 0 spiro atoms. The van der Waals surface area contributed by atoms with Gasteiger partial charge in [-0.15, -0.1) is 0 Å². The molecule has 0 aliphatic rings. The zero-order valence-corrected chi connectivity index (χ0v) is 10.3. The molecule has 0 aliphatic heterocycles. The topological polar surface area (TPSA) is 83.9 Å². The zero-order chi connectivity index (χ0) is 12.5. The molecule has 0 radical (unpaired) electrons. The van der Waals surface area contributed by atoms with Crippen molar-refractivity contribution >= 4 is 10.0 Å². The van der Waals surface area contributed by atoms with Crippen molar-refractivity contribution in [1.82, 2.24) is 24.3 Å². The Kier molecular flexibility index (Phi) is 2.99. The Hall–Kier alpha value is -1.67. The lowest BCUT2D eigenvalue weighted by molar-refractivity contribution is 0.457. The minimum atomic E-state index is -3.51. The van der Waals surface area contributed by atoms with Gasteiger partial charge in [0.15, 0.2) is 5.03 Å². The summed E-state index contributed by atoms with van der Waals surface area (Å²) in [4.78, 5) is 0. The maximum absolute atomic E-state index is 12.2. The highest BCUT2D eigenvalue weighted by Gasteiger charge is 2.24. The number of nitrogens with one attached hydrogen (secondary N) is 1. The van der Waals surface area contributed by atoms with Crippen LogP contribution in [0.4, 0.5) is 0 Å². The molecule has 2 aromatic rings. The van der Waals surface area contributed by atoms with Crippen LogP contribution in [0.3, 0.4) is 0 Å². The first-order valence-corrected chi connectivity index (χ1v) is 6.38. The summed E-state index contributed by atoms with van der Waals surface area (Å²) in [5.74, 6) is 0. The monoisotopic (exact) mass is 255 g/mol. The normalized spacial score (nSPS) is 12.2. The van der Waals surface area contributed by atoms with Crippen molar-refractivity contribution in [3.05, 3.63) is 30.2 Å². The number of rotatable bonds is 4. The molecule has 0 saturated carbocycles. The Morgan fingerprint density at radius 2 is 2.29 bits per heavy atom. The third-order valence-electron chi connectivity index (χ3n) is 2.41. The van der Waals surface area contributed by atoms with Gasteiger partial charge in [0.1, 0.15) is 0 Å². The second-order valence-corrected chi connectivity index (χ2v) is 5.65. The van der Waals surface area contributed by atoms with Gasteiger partial charge < -0.3 is 0 Å². The van der Waals surface area contributed by atoms with Gasteiger partial charge in [0.05, 0.1) is 12.4 Å². The fraction of sp³-hybridized carbons (Fsp3) is 0.333. The van der Waals surface area contributed by atoms with Crippen molar-refractivity contribution in [2.75, 3.05) is 7.05 Å². The number of aromatic amines is 1. The average Bonchev–Trinajstić information content (AvgIpc) is 2.89. The van der Waals surface area contributed by atoms with Gasteiger partial charge in [0.2, 0.25) is 0 Å². The lowest BCUT2D eigenvalue weighted by Gasteiger charge is -2.15. The van der Waals surface area contributed by atoms with Crippen molar-refractivity contribution in [3.63, 3.8) is 0 Å². The second-order valence-electron chi connectivity index (χ2n) is 3.66. The van der Waals surface area contributed by atoms with E-state index >= 15 is 0 Å². The van der Waals surface area contributed by atoms with Crippen LogP contribution in [0.5, 0.6) is 0 Å². The number of hydrogen-bond donors (Lipinski definition) is 1.